The van der Waals surface area contributed by atoms with Gasteiger partial charge < -0.3 is 20.9 Å². The Balaban J connectivity index is 0.00000312. The lowest BCUT2D eigenvalue weighted by atomic mass is 10.1. The van der Waals surface area contributed by atoms with Crippen LogP contribution in [0.5, 0.6) is 11.5 Å². The molecule has 0 aliphatic carbocycles. The van der Waals surface area contributed by atoms with Crippen molar-refractivity contribution in [3.63, 3.8) is 0 Å². The highest BCUT2D eigenvalue weighted by molar-refractivity contribution is 5.85. The highest BCUT2D eigenvalue weighted by Gasteiger charge is 2.05. The van der Waals surface area contributed by atoms with Gasteiger partial charge >= 0.3 is 0 Å². The summed E-state index contributed by atoms with van der Waals surface area (Å²) >= 11 is 0. The molecule has 0 saturated carbocycles. The van der Waals surface area contributed by atoms with E-state index in [-0.39, 0.29) is 12.4 Å². The fraction of sp³-hybridized carbons (Fsp3) is 0.200. The third kappa shape index (κ3) is 6.08. The molecule has 4 N–H and O–H groups in total. The number of anilines is 2. The number of halogens is 1. The molecule has 0 atom stereocenters. The molecular formula is C20H25ClN2O2. The Morgan fingerprint density at radius 1 is 0.760 bits per heavy atom. The van der Waals surface area contributed by atoms with E-state index in [0.717, 1.165) is 22.6 Å². The number of allylic oxidation sites excluding steroid dienone is 2. The number of nitrogen functional groups attached to an aromatic ring is 2. The minimum absolute atomic E-state index is 0. The SMILES string of the molecule is C=CCc1cc(N)ccc1OCCOc1ccc(N)cc1CC=C.Cl. The van der Waals surface area contributed by atoms with Gasteiger partial charge in [-0.1, -0.05) is 12.2 Å². The molecule has 0 aliphatic rings. The molecule has 0 fully saturated rings. The first kappa shape index (κ1) is 20.5. The Bertz CT molecular complexity index is 655. The predicted octanol–water partition coefficient (Wildman–Crippen LogP) is 4.19. The lowest BCUT2D eigenvalue weighted by molar-refractivity contribution is 0.215. The van der Waals surface area contributed by atoms with E-state index in [4.69, 9.17) is 20.9 Å². The number of rotatable bonds is 9. The molecular weight excluding hydrogens is 336 g/mol. The zero-order valence-corrected chi connectivity index (χ0v) is 15.1. The lowest BCUT2D eigenvalue weighted by Gasteiger charge is -2.14. The van der Waals surface area contributed by atoms with Gasteiger partial charge in [-0.3, -0.25) is 0 Å². The first-order valence-corrected chi connectivity index (χ1v) is 7.88. The van der Waals surface area contributed by atoms with Crippen LogP contribution < -0.4 is 20.9 Å². The summed E-state index contributed by atoms with van der Waals surface area (Å²) in [5, 5.41) is 0. The van der Waals surface area contributed by atoms with E-state index in [2.05, 4.69) is 13.2 Å². The maximum Gasteiger partial charge on any atom is 0.123 e. The van der Waals surface area contributed by atoms with Crippen molar-refractivity contribution in [2.24, 2.45) is 0 Å². The minimum atomic E-state index is 0. The lowest BCUT2D eigenvalue weighted by Crippen LogP contribution is -2.11. The smallest absolute Gasteiger partial charge is 0.123 e. The van der Waals surface area contributed by atoms with E-state index in [9.17, 15) is 0 Å². The summed E-state index contributed by atoms with van der Waals surface area (Å²) in [6.45, 7) is 8.39. The monoisotopic (exact) mass is 360 g/mol. The van der Waals surface area contributed by atoms with Crippen LogP contribution in [0.4, 0.5) is 11.4 Å². The molecule has 0 saturated heterocycles. The Labute approximate surface area is 155 Å². The number of benzene rings is 2. The molecule has 0 aliphatic heterocycles. The van der Waals surface area contributed by atoms with Gasteiger partial charge in [0.15, 0.2) is 0 Å². The van der Waals surface area contributed by atoms with Gasteiger partial charge in [0.1, 0.15) is 24.7 Å². The van der Waals surface area contributed by atoms with Crippen molar-refractivity contribution in [1.82, 2.24) is 0 Å². The molecule has 0 radical (unpaired) electrons. The van der Waals surface area contributed by atoms with Gasteiger partial charge in [0.25, 0.3) is 0 Å². The number of nitrogens with two attached hydrogens (primary N) is 2. The summed E-state index contributed by atoms with van der Waals surface area (Å²) in [5.74, 6) is 1.60. The van der Waals surface area contributed by atoms with Crippen LogP contribution in [0.2, 0.25) is 0 Å². The average molecular weight is 361 g/mol. The van der Waals surface area contributed by atoms with Crippen LogP contribution in [0.15, 0.2) is 61.7 Å². The second kappa shape index (κ2) is 10.3. The Morgan fingerprint density at radius 3 is 1.52 bits per heavy atom. The van der Waals surface area contributed by atoms with Crippen LogP contribution >= 0.6 is 12.4 Å². The van der Waals surface area contributed by atoms with Gasteiger partial charge in [0.05, 0.1) is 0 Å². The molecule has 0 amide bonds. The molecule has 134 valence electrons. The molecule has 2 aromatic rings. The van der Waals surface area contributed by atoms with Crippen LogP contribution in [0, 0.1) is 0 Å². The fourth-order valence-corrected chi connectivity index (χ4v) is 2.41. The largest absolute Gasteiger partial charge is 0.490 e. The molecule has 5 heteroatoms. The molecule has 0 spiro atoms. The van der Waals surface area contributed by atoms with Crippen molar-refractivity contribution in [3.8, 4) is 11.5 Å². The normalized spacial score (nSPS) is 9.76. The molecule has 0 heterocycles. The van der Waals surface area contributed by atoms with Crippen molar-refractivity contribution in [2.45, 2.75) is 12.8 Å². The molecule has 0 bridgehead atoms. The van der Waals surface area contributed by atoms with E-state index in [1.807, 2.05) is 48.6 Å². The van der Waals surface area contributed by atoms with Gasteiger partial charge in [-0.25, -0.2) is 0 Å². The fourth-order valence-electron chi connectivity index (χ4n) is 2.41. The Kier molecular flexibility index (Phi) is 8.44. The number of hydrogen-bond acceptors (Lipinski definition) is 4. The first-order valence-electron chi connectivity index (χ1n) is 7.88. The molecule has 0 aromatic heterocycles. The number of ether oxygens (including phenoxy) is 2. The van der Waals surface area contributed by atoms with Gasteiger partial charge in [-0.15, -0.1) is 25.6 Å². The van der Waals surface area contributed by atoms with Crippen LogP contribution in [0.1, 0.15) is 11.1 Å². The van der Waals surface area contributed by atoms with Crippen molar-refractivity contribution in [3.05, 3.63) is 72.8 Å². The van der Waals surface area contributed by atoms with Gasteiger partial charge in [0.2, 0.25) is 0 Å². The zero-order valence-electron chi connectivity index (χ0n) is 14.2. The zero-order chi connectivity index (χ0) is 17.4. The maximum atomic E-state index is 5.82. The number of hydrogen-bond donors (Lipinski definition) is 2. The summed E-state index contributed by atoms with van der Waals surface area (Å²) < 4.78 is 11.6. The standard InChI is InChI=1S/C20H24N2O2.ClH/c1-3-5-15-13-17(21)7-9-19(15)23-11-12-24-20-10-8-18(22)14-16(20)6-4-2;/h3-4,7-10,13-14H,1-2,5-6,11-12,21-22H2;1H. The molecule has 25 heavy (non-hydrogen) atoms. The van der Waals surface area contributed by atoms with Crippen LogP contribution in [0.25, 0.3) is 0 Å². The molecule has 2 rings (SSSR count). The van der Waals surface area contributed by atoms with Gasteiger partial charge in [-0.2, -0.15) is 0 Å². The highest BCUT2D eigenvalue weighted by Crippen LogP contribution is 2.24. The van der Waals surface area contributed by atoms with E-state index in [1.165, 1.54) is 0 Å². The van der Waals surface area contributed by atoms with Crippen LogP contribution in [-0.2, 0) is 12.8 Å². The van der Waals surface area contributed by atoms with E-state index >= 15 is 0 Å². The summed E-state index contributed by atoms with van der Waals surface area (Å²) in [4.78, 5) is 0. The second-order valence-corrected chi connectivity index (χ2v) is 5.42. The van der Waals surface area contributed by atoms with Crippen molar-refractivity contribution < 1.29 is 9.47 Å². The highest BCUT2D eigenvalue weighted by atomic mass is 35.5. The van der Waals surface area contributed by atoms with Crippen molar-refractivity contribution >= 4 is 23.8 Å². The van der Waals surface area contributed by atoms with Gasteiger partial charge in [-0.05, 0) is 60.4 Å². The summed E-state index contributed by atoms with van der Waals surface area (Å²) in [7, 11) is 0. The molecule has 2 aromatic carbocycles. The van der Waals surface area contributed by atoms with Crippen molar-refractivity contribution in [2.75, 3.05) is 24.7 Å². The predicted molar refractivity (Wildman–Crippen MR) is 108 cm³/mol. The quantitative estimate of drug-likeness (QED) is 0.399. The van der Waals surface area contributed by atoms with Crippen LogP contribution in [-0.4, -0.2) is 13.2 Å². The second-order valence-electron chi connectivity index (χ2n) is 5.42. The Morgan fingerprint density at radius 2 is 1.16 bits per heavy atom. The van der Waals surface area contributed by atoms with E-state index in [1.54, 1.807) is 0 Å². The third-order valence-corrected chi connectivity index (χ3v) is 3.50. The maximum absolute atomic E-state index is 5.82. The third-order valence-electron chi connectivity index (χ3n) is 3.50. The summed E-state index contributed by atoms with van der Waals surface area (Å²) in [6, 6.07) is 11.2. The Hall–Kier alpha value is -2.59. The average Bonchev–Trinajstić information content (AvgIpc) is 2.55. The molecule has 0 unspecified atom stereocenters. The van der Waals surface area contributed by atoms with E-state index in [0.29, 0.717) is 37.4 Å². The summed E-state index contributed by atoms with van der Waals surface area (Å²) in [5.41, 5.74) is 15.1. The summed E-state index contributed by atoms with van der Waals surface area (Å²) in [6.07, 6.45) is 5.08. The first-order chi connectivity index (χ1) is 11.6. The van der Waals surface area contributed by atoms with E-state index < -0.39 is 0 Å². The van der Waals surface area contributed by atoms with Crippen LogP contribution in [0.3, 0.4) is 0 Å². The van der Waals surface area contributed by atoms with Gasteiger partial charge in [0, 0.05) is 11.4 Å². The topological polar surface area (TPSA) is 70.5 Å². The minimum Gasteiger partial charge on any atom is -0.490 e. The molecule has 4 nitrogen and oxygen atoms in total. The van der Waals surface area contributed by atoms with Crippen molar-refractivity contribution in [1.29, 1.82) is 0 Å².